The molecule has 1 aliphatic rings. The van der Waals surface area contributed by atoms with Crippen LogP contribution < -0.4 is 19.7 Å². The molecule has 0 radical (unpaired) electrons. The van der Waals surface area contributed by atoms with E-state index in [2.05, 4.69) is 25.8 Å². The number of hydrogen-bond acceptors (Lipinski definition) is 6. The number of anilines is 1. The number of aromatic nitrogens is 2. The highest BCUT2D eigenvalue weighted by Crippen LogP contribution is 2.45. The van der Waals surface area contributed by atoms with Crippen LogP contribution in [0, 0.1) is 0 Å². The molecule has 2 aromatic heterocycles. The number of methoxy groups -OCH3 is 3. The van der Waals surface area contributed by atoms with Gasteiger partial charge in [0.05, 0.1) is 44.3 Å². The topological polar surface area (TPSA) is 77.9 Å². The van der Waals surface area contributed by atoms with Crippen molar-refractivity contribution in [1.82, 2.24) is 14.9 Å². The second-order valence-corrected chi connectivity index (χ2v) is 8.76. The van der Waals surface area contributed by atoms with Crippen molar-refractivity contribution in [3.63, 3.8) is 0 Å². The first kappa shape index (κ1) is 24.3. The Labute approximate surface area is 220 Å². The Morgan fingerprint density at radius 2 is 1.78 bits per heavy atom. The lowest BCUT2D eigenvalue weighted by Crippen LogP contribution is -2.30. The Bertz CT molecular complexity index is 1420. The Kier molecular flexibility index (Phi) is 6.78. The lowest BCUT2D eigenvalue weighted by atomic mass is 10.0. The Balaban J connectivity index is 1.64. The van der Waals surface area contributed by atoms with Gasteiger partial charge in [-0.05, 0) is 72.9 Å². The van der Waals surface area contributed by atoms with Crippen LogP contribution in [-0.2, 0) is 4.74 Å². The molecule has 1 aliphatic heterocycles. The first-order chi connectivity index (χ1) is 18.0. The summed E-state index contributed by atoms with van der Waals surface area (Å²) in [6.07, 6.45) is 3.76. The molecule has 1 N–H and O–H groups in total. The molecule has 0 amide bonds. The molecule has 188 valence electrons. The van der Waals surface area contributed by atoms with Crippen LogP contribution in [0.15, 0.2) is 85.2 Å². The molecule has 37 heavy (non-hydrogen) atoms. The van der Waals surface area contributed by atoms with E-state index in [1.165, 1.54) is 7.11 Å². The van der Waals surface area contributed by atoms with Gasteiger partial charge in [0.15, 0.2) is 5.11 Å². The average molecular weight is 515 g/mol. The summed E-state index contributed by atoms with van der Waals surface area (Å²) in [7, 11) is 4.62. The van der Waals surface area contributed by atoms with E-state index in [0.717, 1.165) is 22.8 Å². The third kappa shape index (κ3) is 4.49. The Morgan fingerprint density at radius 1 is 0.973 bits per heavy atom. The van der Waals surface area contributed by atoms with Gasteiger partial charge in [0, 0.05) is 29.8 Å². The highest BCUT2D eigenvalue weighted by atomic mass is 32.1. The van der Waals surface area contributed by atoms with E-state index in [1.807, 2.05) is 60.8 Å². The number of hydrogen-bond donors (Lipinski definition) is 1. The van der Waals surface area contributed by atoms with Crippen LogP contribution in [0.3, 0.4) is 0 Å². The summed E-state index contributed by atoms with van der Waals surface area (Å²) in [5.74, 6) is 0.943. The number of esters is 1. The maximum Gasteiger partial charge on any atom is 0.337 e. The summed E-state index contributed by atoms with van der Waals surface area (Å²) < 4.78 is 18.1. The minimum absolute atomic E-state index is 0.233. The number of thiocarbonyl (C=S) groups is 1. The fourth-order valence-electron chi connectivity index (χ4n) is 4.64. The maximum atomic E-state index is 11.9. The number of nitrogens with zero attached hydrogens (tertiary/aromatic N) is 3. The molecule has 0 unspecified atom stereocenters. The van der Waals surface area contributed by atoms with E-state index in [1.54, 1.807) is 32.5 Å². The van der Waals surface area contributed by atoms with Gasteiger partial charge in [-0.1, -0.05) is 6.07 Å². The molecule has 3 heterocycles. The standard InChI is InChI=1S/C28H26N4O4S/c1-34-20-13-14-22(24(17-20)35-2)32-26(25(30-28(32)37)21-7-4-5-15-29-21)23-8-6-16-31(23)19-11-9-18(10-12-19)27(33)36-3/h4-17,25-26H,1-3H3,(H,30,37)/t25-,26-/m0/s1. The fourth-order valence-corrected chi connectivity index (χ4v) is 4.98. The molecule has 2 aromatic carbocycles. The smallest absolute Gasteiger partial charge is 0.337 e. The summed E-state index contributed by atoms with van der Waals surface area (Å²) in [6.45, 7) is 0. The summed E-state index contributed by atoms with van der Waals surface area (Å²) in [4.78, 5) is 18.6. The van der Waals surface area contributed by atoms with Gasteiger partial charge in [-0.3, -0.25) is 4.98 Å². The number of nitrogens with one attached hydrogen (secondary N) is 1. The van der Waals surface area contributed by atoms with Gasteiger partial charge in [-0.15, -0.1) is 0 Å². The van der Waals surface area contributed by atoms with Crippen LogP contribution in [-0.4, -0.2) is 42.0 Å². The zero-order valence-corrected chi connectivity index (χ0v) is 21.4. The molecular formula is C28H26N4O4S. The molecule has 0 spiro atoms. The van der Waals surface area contributed by atoms with Crippen LogP contribution in [0.25, 0.3) is 5.69 Å². The molecule has 5 rings (SSSR count). The second-order valence-electron chi connectivity index (χ2n) is 8.38. The van der Waals surface area contributed by atoms with Crippen molar-refractivity contribution in [3.8, 4) is 17.2 Å². The van der Waals surface area contributed by atoms with Crippen LogP contribution >= 0.6 is 12.2 Å². The van der Waals surface area contributed by atoms with E-state index in [0.29, 0.717) is 22.2 Å². The van der Waals surface area contributed by atoms with Gasteiger partial charge >= 0.3 is 5.97 Å². The number of ether oxygens (including phenoxy) is 3. The number of pyridine rings is 1. The number of benzene rings is 2. The van der Waals surface area contributed by atoms with E-state index < -0.39 is 0 Å². The minimum Gasteiger partial charge on any atom is -0.497 e. The summed E-state index contributed by atoms with van der Waals surface area (Å²) >= 11 is 5.88. The zero-order chi connectivity index (χ0) is 25.9. The van der Waals surface area contributed by atoms with Crippen molar-refractivity contribution in [2.45, 2.75) is 12.1 Å². The largest absolute Gasteiger partial charge is 0.497 e. The second kappa shape index (κ2) is 10.3. The van der Waals surface area contributed by atoms with Gasteiger partial charge in [0.25, 0.3) is 0 Å². The van der Waals surface area contributed by atoms with Crippen molar-refractivity contribution < 1.29 is 19.0 Å². The highest BCUT2D eigenvalue weighted by Gasteiger charge is 2.43. The molecule has 0 saturated carbocycles. The van der Waals surface area contributed by atoms with Crippen LogP contribution in [0.1, 0.15) is 33.8 Å². The van der Waals surface area contributed by atoms with Crippen molar-refractivity contribution in [2.24, 2.45) is 0 Å². The summed E-state index contributed by atoms with van der Waals surface area (Å²) in [6, 6.07) is 22.4. The monoisotopic (exact) mass is 514 g/mol. The number of carbonyl (C=O) groups excluding carboxylic acids is 1. The van der Waals surface area contributed by atoms with Gasteiger partial charge in [0.1, 0.15) is 17.5 Å². The molecule has 1 fully saturated rings. The van der Waals surface area contributed by atoms with Gasteiger partial charge in [-0.2, -0.15) is 0 Å². The molecule has 0 bridgehead atoms. The third-order valence-electron chi connectivity index (χ3n) is 6.39. The summed E-state index contributed by atoms with van der Waals surface area (Å²) in [5, 5.41) is 4.03. The SMILES string of the molecule is COC(=O)c1ccc(-n2cccc2[C@H]2[C@H](c3ccccn3)NC(=S)N2c2ccc(OC)cc2OC)cc1. The molecular weight excluding hydrogens is 488 g/mol. The van der Waals surface area contributed by atoms with E-state index in [-0.39, 0.29) is 18.1 Å². The molecule has 9 heteroatoms. The molecule has 4 aromatic rings. The molecule has 1 saturated heterocycles. The first-order valence-electron chi connectivity index (χ1n) is 11.6. The van der Waals surface area contributed by atoms with Gasteiger partial charge < -0.3 is 29.0 Å². The normalized spacial score (nSPS) is 16.8. The van der Waals surface area contributed by atoms with Gasteiger partial charge in [-0.25, -0.2) is 4.79 Å². The number of rotatable bonds is 7. The lowest BCUT2D eigenvalue weighted by Gasteiger charge is -2.30. The third-order valence-corrected chi connectivity index (χ3v) is 6.71. The predicted octanol–water partition coefficient (Wildman–Crippen LogP) is 4.85. The van der Waals surface area contributed by atoms with E-state index in [9.17, 15) is 4.79 Å². The van der Waals surface area contributed by atoms with Gasteiger partial charge in [0.2, 0.25) is 0 Å². The van der Waals surface area contributed by atoms with Crippen molar-refractivity contribution in [2.75, 3.05) is 26.2 Å². The highest BCUT2D eigenvalue weighted by molar-refractivity contribution is 7.80. The van der Waals surface area contributed by atoms with Crippen LogP contribution in [0.5, 0.6) is 11.5 Å². The Hall–Kier alpha value is -4.37. The molecule has 2 atom stereocenters. The van der Waals surface area contributed by atoms with E-state index >= 15 is 0 Å². The quantitative estimate of drug-likeness (QED) is 0.277. The Morgan fingerprint density at radius 3 is 2.46 bits per heavy atom. The van der Waals surface area contributed by atoms with E-state index in [4.69, 9.17) is 26.4 Å². The lowest BCUT2D eigenvalue weighted by molar-refractivity contribution is 0.0600. The summed E-state index contributed by atoms with van der Waals surface area (Å²) in [5.41, 5.74) is 4.02. The van der Waals surface area contributed by atoms with Crippen molar-refractivity contribution >= 4 is 29.0 Å². The fraction of sp³-hybridized carbons (Fsp3) is 0.179. The zero-order valence-electron chi connectivity index (χ0n) is 20.6. The maximum absolute atomic E-state index is 11.9. The van der Waals surface area contributed by atoms with Crippen molar-refractivity contribution in [1.29, 1.82) is 0 Å². The predicted molar refractivity (Wildman–Crippen MR) is 145 cm³/mol. The molecule has 8 nitrogen and oxygen atoms in total. The first-order valence-corrected chi connectivity index (χ1v) is 12.0. The minimum atomic E-state index is -0.377. The number of carbonyl (C=O) groups is 1. The van der Waals surface area contributed by atoms with Crippen LogP contribution in [0.4, 0.5) is 5.69 Å². The average Bonchev–Trinajstić information content (AvgIpc) is 3.57. The van der Waals surface area contributed by atoms with Crippen LogP contribution in [0.2, 0.25) is 0 Å². The molecule has 0 aliphatic carbocycles. The van der Waals surface area contributed by atoms with Crippen molar-refractivity contribution in [3.05, 3.63) is 102 Å².